The molecule has 24 heavy (non-hydrogen) atoms. The molecule has 0 bridgehead atoms. The maximum atomic E-state index is 12.5. The highest BCUT2D eigenvalue weighted by Gasteiger charge is 2.25. The van der Waals surface area contributed by atoms with Crippen LogP contribution in [0.4, 0.5) is 0 Å². The molecular weight excluding hydrogens is 324 g/mol. The molecule has 6 heteroatoms. The molecule has 0 aliphatic heterocycles. The van der Waals surface area contributed by atoms with Gasteiger partial charge < -0.3 is 9.67 Å². The van der Waals surface area contributed by atoms with Crippen molar-refractivity contribution in [1.82, 2.24) is 9.55 Å². The summed E-state index contributed by atoms with van der Waals surface area (Å²) in [6.07, 6.45) is 6.81. The Kier molecular flexibility index (Phi) is 3.69. The standard InChI is InChI=1S/C18H16N2O3S/c21-18(22)12-4-6-14(7-5-12)20-9-8-13-10-16(11-19-17(13)20)24(23)15-2-1-3-15/h4-11,15H,1-3H2,(H,21,22). The molecule has 1 aliphatic carbocycles. The number of carboxylic acid groups (broad SMARTS) is 1. The van der Waals surface area contributed by atoms with Gasteiger partial charge in [-0.15, -0.1) is 0 Å². The van der Waals surface area contributed by atoms with E-state index in [1.54, 1.807) is 30.5 Å². The maximum absolute atomic E-state index is 12.5. The van der Waals surface area contributed by atoms with Crippen molar-refractivity contribution in [1.29, 1.82) is 0 Å². The Morgan fingerprint density at radius 2 is 1.96 bits per heavy atom. The van der Waals surface area contributed by atoms with E-state index < -0.39 is 16.8 Å². The van der Waals surface area contributed by atoms with E-state index in [1.165, 1.54) is 0 Å². The first-order valence-corrected chi connectivity index (χ1v) is 9.06. The minimum absolute atomic E-state index is 0.251. The normalized spacial score (nSPS) is 16.0. The zero-order chi connectivity index (χ0) is 16.7. The number of hydrogen-bond donors (Lipinski definition) is 1. The molecule has 5 nitrogen and oxygen atoms in total. The second kappa shape index (κ2) is 5.87. The Morgan fingerprint density at radius 3 is 2.58 bits per heavy atom. The van der Waals surface area contributed by atoms with E-state index in [-0.39, 0.29) is 10.8 Å². The molecule has 2 aromatic heterocycles. The van der Waals surface area contributed by atoms with E-state index in [9.17, 15) is 9.00 Å². The summed E-state index contributed by atoms with van der Waals surface area (Å²) in [5, 5.41) is 10.2. The zero-order valence-corrected chi connectivity index (χ0v) is 13.7. The van der Waals surface area contributed by atoms with Gasteiger partial charge in [-0.3, -0.25) is 4.21 Å². The van der Waals surface area contributed by atoms with Gasteiger partial charge in [-0.25, -0.2) is 9.78 Å². The number of fused-ring (bicyclic) bond motifs is 1. The summed E-state index contributed by atoms with van der Waals surface area (Å²) in [4.78, 5) is 16.2. The van der Waals surface area contributed by atoms with E-state index >= 15 is 0 Å². The summed E-state index contributed by atoms with van der Waals surface area (Å²) >= 11 is 0. The number of carbonyl (C=O) groups is 1. The fourth-order valence-corrected chi connectivity index (χ4v) is 4.41. The number of pyridine rings is 1. The lowest BCUT2D eigenvalue weighted by Gasteiger charge is -2.24. The van der Waals surface area contributed by atoms with Crippen LogP contribution >= 0.6 is 0 Å². The Labute approximate surface area is 141 Å². The summed E-state index contributed by atoms with van der Waals surface area (Å²) < 4.78 is 14.4. The average molecular weight is 340 g/mol. The van der Waals surface area contributed by atoms with Crippen molar-refractivity contribution in [2.24, 2.45) is 0 Å². The molecule has 3 aromatic rings. The fourth-order valence-electron chi connectivity index (χ4n) is 2.86. The highest BCUT2D eigenvalue weighted by molar-refractivity contribution is 7.85. The fraction of sp³-hybridized carbons (Fsp3) is 0.222. The highest BCUT2D eigenvalue weighted by atomic mass is 32.2. The lowest BCUT2D eigenvalue weighted by atomic mass is 10.0. The van der Waals surface area contributed by atoms with Crippen molar-refractivity contribution in [3.8, 4) is 5.69 Å². The molecule has 1 aliphatic rings. The number of aromatic carboxylic acids is 1. The topological polar surface area (TPSA) is 72.2 Å². The average Bonchev–Trinajstić information content (AvgIpc) is 2.96. The molecule has 2 heterocycles. The first-order valence-electron chi connectivity index (χ1n) is 7.85. The molecular formula is C18H16N2O3S. The van der Waals surface area contributed by atoms with Gasteiger partial charge in [0.2, 0.25) is 0 Å². The Hall–Kier alpha value is -2.47. The van der Waals surface area contributed by atoms with Crippen LogP contribution in [0.1, 0.15) is 29.6 Å². The number of hydrogen-bond acceptors (Lipinski definition) is 3. The van der Waals surface area contributed by atoms with Gasteiger partial charge in [-0.2, -0.15) is 0 Å². The number of aromatic nitrogens is 2. The molecule has 1 aromatic carbocycles. The van der Waals surface area contributed by atoms with Gasteiger partial charge in [0.15, 0.2) is 0 Å². The third kappa shape index (κ3) is 2.53. The van der Waals surface area contributed by atoms with Crippen LogP contribution in [0.3, 0.4) is 0 Å². The molecule has 1 atom stereocenters. The molecule has 122 valence electrons. The van der Waals surface area contributed by atoms with Gasteiger partial charge in [0, 0.05) is 28.7 Å². The molecule has 0 spiro atoms. The van der Waals surface area contributed by atoms with Crippen LogP contribution in [0.15, 0.2) is 53.7 Å². The van der Waals surface area contributed by atoms with Gasteiger partial charge in [0.25, 0.3) is 0 Å². The van der Waals surface area contributed by atoms with Gasteiger partial charge in [-0.05, 0) is 49.2 Å². The predicted octanol–water partition coefficient (Wildman–Crippen LogP) is 3.38. The highest BCUT2D eigenvalue weighted by Crippen LogP contribution is 2.29. The van der Waals surface area contributed by atoms with Crippen LogP contribution in [0.25, 0.3) is 16.7 Å². The van der Waals surface area contributed by atoms with Gasteiger partial charge in [0.05, 0.1) is 21.3 Å². The summed E-state index contributed by atoms with van der Waals surface area (Å²) in [5.74, 6) is -0.944. The molecule has 1 unspecified atom stereocenters. The third-order valence-corrected chi connectivity index (χ3v) is 6.25. The Morgan fingerprint density at radius 1 is 1.21 bits per heavy atom. The van der Waals surface area contributed by atoms with E-state index in [0.717, 1.165) is 40.9 Å². The number of carboxylic acids is 1. The van der Waals surface area contributed by atoms with Crippen LogP contribution in [-0.2, 0) is 10.8 Å². The van der Waals surface area contributed by atoms with Gasteiger partial charge >= 0.3 is 5.97 Å². The monoisotopic (exact) mass is 340 g/mol. The summed E-state index contributed by atoms with van der Waals surface area (Å²) in [6.45, 7) is 0. The predicted molar refractivity (Wildman–Crippen MR) is 92.1 cm³/mol. The molecule has 0 saturated heterocycles. The molecule has 4 rings (SSSR count). The van der Waals surface area contributed by atoms with Gasteiger partial charge in [0.1, 0.15) is 5.65 Å². The second-order valence-electron chi connectivity index (χ2n) is 5.97. The van der Waals surface area contributed by atoms with Crippen molar-refractivity contribution >= 4 is 27.8 Å². The van der Waals surface area contributed by atoms with E-state index in [0.29, 0.717) is 0 Å². The van der Waals surface area contributed by atoms with Crippen LogP contribution in [0, 0.1) is 0 Å². The summed E-state index contributed by atoms with van der Waals surface area (Å²) in [6, 6.07) is 10.5. The summed E-state index contributed by atoms with van der Waals surface area (Å²) in [5.41, 5.74) is 1.86. The zero-order valence-electron chi connectivity index (χ0n) is 12.9. The lowest BCUT2D eigenvalue weighted by Crippen LogP contribution is -2.23. The number of benzene rings is 1. The molecule has 1 N–H and O–H groups in total. The van der Waals surface area contributed by atoms with E-state index in [1.807, 2.05) is 22.9 Å². The molecule has 1 fully saturated rings. The van der Waals surface area contributed by atoms with E-state index in [4.69, 9.17) is 5.11 Å². The van der Waals surface area contributed by atoms with Crippen LogP contribution in [-0.4, -0.2) is 30.1 Å². The molecule has 0 radical (unpaired) electrons. The minimum Gasteiger partial charge on any atom is -0.478 e. The SMILES string of the molecule is O=C(O)c1ccc(-n2ccc3cc(S(=O)C4CCC4)cnc32)cc1. The van der Waals surface area contributed by atoms with Crippen LogP contribution < -0.4 is 0 Å². The van der Waals surface area contributed by atoms with Crippen molar-refractivity contribution in [3.63, 3.8) is 0 Å². The van der Waals surface area contributed by atoms with E-state index in [2.05, 4.69) is 4.98 Å². The first-order chi connectivity index (χ1) is 11.6. The smallest absolute Gasteiger partial charge is 0.335 e. The maximum Gasteiger partial charge on any atom is 0.335 e. The van der Waals surface area contributed by atoms with Crippen LogP contribution in [0.5, 0.6) is 0 Å². The van der Waals surface area contributed by atoms with Crippen molar-refractivity contribution in [3.05, 3.63) is 54.4 Å². The first kappa shape index (κ1) is 15.1. The molecule has 0 amide bonds. The quantitative estimate of drug-likeness (QED) is 0.790. The number of rotatable bonds is 4. The third-order valence-electron chi connectivity index (χ3n) is 4.48. The molecule has 1 saturated carbocycles. The Balaban J connectivity index is 1.69. The Bertz CT molecular complexity index is 943. The van der Waals surface area contributed by atoms with Crippen molar-refractivity contribution in [2.75, 3.05) is 0 Å². The minimum atomic E-state index is -0.978. The van der Waals surface area contributed by atoms with Crippen molar-refractivity contribution in [2.45, 2.75) is 29.4 Å². The number of nitrogens with zero attached hydrogens (tertiary/aromatic N) is 2. The van der Waals surface area contributed by atoms with Crippen LogP contribution in [0.2, 0.25) is 0 Å². The van der Waals surface area contributed by atoms with Gasteiger partial charge in [-0.1, -0.05) is 6.42 Å². The lowest BCUT2D eigenvalue weighted by molar-refractivity contribution is 0.0697. The second-order valence-corrected chi connectivity index (χ2v) is 7.70. The van der Waals surface area contributed by atoms with Crippen molar-refractivity contribution < 1.29 is 14.1 Å². The largest absolute Gasteiger partial charge is 0.478 e. The summed E-state index contributed by atoms with van der Waals surface area (Å²) in [7, 11) is -0.978.